The van der Waals surface area contributed by atoms with Crippen molar-refractivity contribution in [3.8, 4) is 11.5 Å². The predicted octanol–water partition coefficient (Wildman–Crippen LogP) is 2.73. The van der Waals surface area contributed by atoms with Gasteiger partial charge in [0, 0.05) is 43.7 Å². The van der Waals surface area contributed by atoms with Crippen LogP contribution in [0.3, 0.4) is 0 Å². The van der Waals surface area contributed by atoms with Crippen LogP contribution >= 0.6 is 0 Å². The number of ether oxygens (including phenoxy) is 2. The maximum Gasteiger partial charge on any atom is 0.254 e. The first-order valence-electron chi connectivity index (χ1n) is 9.48. The fourth-order valence-corrected chi connectivity index (χ4v) is 3.67. The molecule has 0 spiro atoms. The van der Waals surface area contributed by atoms with Crippen molar-refractivity contribution in [3.63, 3.8) is 0 Å². The van der Waals surface area contributed by atoms with E-state index in [0.717, 1.165) is 13.0 Å². The maximum absolute atomic E-state index is 12.9. The molecule has 0 aromatic heterocycles. The standard InChI is InChI=1S/C21H28N2O4/c1-15-4-8-22(9-5-15)20(24)16-6-10-23(11-7-16)21(25)17-12-18(26-2)14-19(13-17)27-3/h4,12-14,16H,5-11H2,1-3H3. The van der Waals surface area contributed by atoms with Crippen LogP contribution in [0.1, 0.15) is 36.5 Å². The van der Waals surface area contributed by atoms with Crippen molar-refractivity contribution in [1.29, 1.82) is 0 Å². The highest BCUT2D eigenvalue weighted by Gasteiger charge is 2.31. The lowest BCUT2D eigenvalue weighted by Crippen LogP contribution is -2.45. The smallest absolute Gasteiger partial charge is 0.254 e. The van der Waals surface area contributed by atoms with E-state index in [1.165, 1.54) is 5.57 Å². The Balaban J connectivity index is 1.60. The number of amides is 2. The minimum Gasteiger partial charge on any atom is -0.497 e. The lowest BCUT2D eigenvalue weighted by Gasteiger charge is -2.35. The number of hydrogen-bond donors (Lipinski definition) is 0. The highest BCUT2D eigenvalue weighted by Crippen LogP contribution is 2.26. The van der Waals surface area contributed by atoms with E-state index in [4.69, 9.17) is 9.47 Å². The van der Waals surface area contributed by atoms with Crippen molar-refractivity contribution in [3.05, 3.63) is 35.4 Å². The summed E-state index contributed by atoms with van der Waals surface area (Å²) in [6, 6.07) is 5.20. The minimum absolute atomic E-state index is 0.0145. The Morgan fingerprint density at radius 3 is 2.11 bits per heavy atom. The Kier molecular flexibility index (Phi) is 6.04. The molecule has 27 heavy (non-hydrogen) atoms. The van der Waals surface area contributed by atoms with Crippen molar-refractivity contribution in [1.82, 2.24) is 9.80 Å². The van der Waals surface area contributed by atoms with E-state index < -0.39 is 0 Å². The summed E-state index contributed by atoms with van der Waals surface area (Å²) in [6.07, 6.45) is 4.52. The molecule has 0 bridgehead atoms. The molecule has 6 nitrogen and oxygen atoms in total. The number of carbonyl (C=O) groups excluding carboxylic acids is 2. The van der Waals surface area contributed by atoms with Gasteiger partial charge in [0.1, 0.15) is 11.5 Å². The predicted molar refractivity (Wildman–Crippen MR) is 103 cm³/mol. The second kappa shape index (κ2) is 8.46. The van der Waals surface area contributed by atoms with E-state index in [-0.39, 0.29) is 17.7 Å². The van der Waals surface area contributed by atoms with E-state index in [0.29, 0.717) is 49.5 Å². The van der Waals surface area contributed by atoms with Gasteiger partial charge in [0.2, 0.25) is 5.91 Å². The quantitative estimate of drug-likeness (QED) is 0.763. The average molecular weight is 372 g/mol. The molecule has 0 aliphatic carbocycles. The van der Waals surface area contributed by atoms with Gasteiger partial charge in [-0.1, -0.05) is 11.6 Å². The van der Waals surface area contributed by atoms with Crippen molar-refractivity contribution in [2.45, 2.75) is 26.2 Å². The largest absolute Gasteiger partial charge is 0.497 e. The fourth-order valence-electron chi connectivity index (χ4n) is 3.67. The van der Waals surface area contributed by atoms with Crippen molar-refractivity contribution in [2.75, 3.05) is 40.4 Å². The SMILES string of the molecule is COc1cc(OC)cc(C(=O)N2CCC(C(=O)N3CC=C(C)CC3)CC2)c1. The van der Waals surface area contributed by atoms with Gasteiger partial charge in [0.15, 0.2) is 0 Å². The summed E-state index contributed by atoms with van der Waals surface area (Å²) >= 11 is 0. The monoisotopic (exact) mass is 372 g/mol. The van der Waals surface area contributed by atoms with Crippen LogP contribution in [0.25, 0.3) is 0 Å². The molecule has 6 heteroatoms. The summed E-state index contributed by atoms with van der Waals surface area (Å²) in [5.41, 5.74) is 1.90. The number of rotatable bonds is 4. The molecule has 1 saturated heterocycles. The van der Waals surface area contributed by atoms with E-state index >= 15 is 0 Å². The first-order valence-corrected chi connectivity index (χ1v) is 9.48. The van der Waals surface area contributed by atoms with Crippen LogP contribution in [-0.2, 0) is 4.79 Å². The van der Waals surface area contributed by atoms with Gasteiger partial charge in [-0.2, -0.15) is 0 Å². The number of hydrogen-bond acceptors (Lipinski definition) is 4. The molecule has 0 N–H and O–H groups in total. The molecule has 1 aromatic carbocycles. The molecule has 2 heterocycles. The van der Waals surface area contributed by atoms with Crippen LogP contribution in [0.2, 0.25) is 0 Å². The first-order chi connectivity index (χ1) is 13.0. The van der Waals surface area contributed by atoms with Gasteiger partial charge in [-0.3, -0.25) is 9.59 Å². The molecule has 0 radical (unpaired) electrons. The first kappa shape index (κ1) is 19.3. The van der Waals surface area contributed by atoms with Crippen LogP contribution in [0.5, 0.6) is 11.5 Å². The topological polar surface area (TPSA) is 59.1 Å². The van der Waals surface area contributed by atoms with Gasteiger partial charge in [0.25, 0.3) is 5.91 Å². The number of likely N-dealkylation sites (tertiary alicyclic amines) is 1. The van der Waals surface area contributed by atoms with Crippen LogP contribution in [0.15, 0.2) is 29.8 Å². The van der Waals surface area contributed by atoms with Crippen molar-refractivity contribution < 1.29 is 19.1 Å². The summed E-state index contributed by atoms with van der Waals surface area (Å²) in [6.45, 7) is 4.83. The van der Waals surface area contributed by atoms with Crippen LogP contribution in [-0.4, -0.2) is 62.0 Å². The molecule has 0 saturated carbocycles. The second-order valence-corrected chi connectivity index (χ2v) is 7.25. The lowest BCUT2D eigenvalue weighted by atomic mass is 9.94. The third kappa shape index (κ3) is 4.43. The average Bonchev–Trinajstić information content (AvgIpc) is 2.73. The van der Waals surface area contributed by atoms with Crippen LogP contribution < -0.4 is 9.47 Å². The highest BCUT2D eigenvalue weighted by atomic mass is 16.5. The van der Waals surface area contributed by atoms with E-state index in [1.54, 1.807) is 32.4 Å². The van der Waals surface area contributed by atoms with E-state index in [1.807, 2.05) is 9.80 Å². The highest BCUT2D eigenvalue weighted by molar-refractivity contribution is 5.95. The summed E-state index contributed by atoms with van der Waals surface area (Å²) in [7, 11) is 3.13. The lowest BCUT2D eigenvalue weighted by molar-refractivity contribution is -0.136. The van der Waals surface area contributed by atoms with Gasteiger partial charge in [0.05, 0.1) is 14.2 Å². The van der Waals surface area contributed by atoms with Crippen molar-refractivity contribution >= 4 is 11.8 Å². The fraction of sp³-hybridized carbons (Fsp3) is 0.524. The van der Waals surface area contributed by atoms with E-state index in [9.17, 15) is 9.59 Å². The number of methoxy groups -OCH3 is 2. The van der Waals surface area contributed by atoms with Crippen LogP contribution in [0.4, 0.5) is 0 Å². The Bertz CT molecular complexity index is 713. The molecule has 2 aliphatic heterocycles. The summed E-state index contributed by atoms with van der Waals surface area (Å²) < 4.78 is 10.5. The van der Waals surface area contributed by atoms with E-state index in [2.05, 4.69) is 13.0 Å². The van der Waals surface area contributed by atoms with Crippen molar-refractivity contribution in [2.24, 2.45) is 5.92 Å². The number of nitrogens with zero attached hydrogens (tertiary/aromatic N) is 2. The molecule has 1 fully saturated rings. The number of piperidine rings is 1. The summed E-state index contributed by atoms with van der Waals surface area (Å²) in [4.78, 5) is 29.4. The Morgan fingerprint density at radius 1 is 0.963 bits per heavy atom. The maximum atomic E-state index is 12.9. The third-order valence-electron chi connectivity index (χ3n) is 5.48. The van der Waals surface area contributed by atoms with Gasteiger partial charge in [-0.25, -0.2) is 0 Å². The summed E-state index contributed by atoms with van der Waals surface area (Å²) in [5.74, 6) is 1.39. The molecular weight excluding hydrogens is 344 g/mol. The Labute approximate surface area is 160 Å². The molecule has 146 valence electrons. The Morgan fingerprint density at radius 2 is 1.59 bits per heavy atom. The molecule has 2 aliphatic rings. The van der Waals surface area contributed by atoms with Gasteiger partial charge in [-0.05, 0) is 38.3 Å². The minimum atomic E-state index is -0.0466. The molecule has 0 atom stereocenters. The summed E-state index contributed by atoms with van der Waals surface area (Å²) in [5, 5.41) is 0. The van der Waals surface area contributed by atoms with Gasteiger partial charge in [-0.15, -0.1) is 0 Å². The second-order valence-electron chi connectivity index (χ2n) is 7.25. The zero-order valence-electron chi connectivity index (χ0n) is 16.4. The zero-order valence-corrected chi connectivity index (χ0v) is 16.4. The third-order valence-corrected chi connectivity index (χ3v) is 5.48. The van der Waals surface area contributed by atoms with Gasteiger partial charge < -0.3 is 19.3 Å². The zero-order chi connectivity index (χ0) is 19.4. The Hall–Kier alpha value is -2.50. The molecule has 0 unspecified atom stereocenters. The van der Waals surface area contributed by atoms with Crippen LogP contribution in [0, 0.1) is 5.92 Å². The van der Waals surface area contributed by atoms with Gasteiger partial charge >= 0.3 is 0 Å². The number of carbonyl (C=O) groups is 2. The molecular formula is C21H28N2O4. The normalized spacial score (nSPS) is 18.1. The number of benzene rings is 1. The molecule has 2 amide bonds. The molecule has 3 rings (SSSR count). The molecule has 1 aromatic rings.